The third kappa shape index (κ3) is 3.12. The molecule has 0 atom stereocenters. The Morgan fingerprint density at radius 1 is 1.21 bits per heavy atom. The molecule has 0 aliphatic rings. The molecule has 0 fully saturated rings. The van der Waals surface area contributed by atoms with Gasteiger partial charge in [0.15, 0.2) is 10.1 Å². The van der Waals surface area contributed by atoms with Crippen LogP contribution in [0.5, 0.6) is 0 Å². The average molecular weight is 230 g/mol. The van der Waals surface area contributed by atoms with E-state index in [0.717, 1.165) is 0 Å². The van der Waals surface area contributed by atoms with Gasteiger partial charge in [-0.25, -0.2) is 8.42 Å². The van der Waals surface area contributed by atoms with Gasteiger partial charge in [-0.05, 0) is 0 Å². The molecule has 9 heteroatoms. The Morgan fingerprint density at radius 2 is 1.57 bits per heavy atom. The molecule has 0 saturated heterocycles. The van der Waals surface area contributed by atoms with Gasteiger partial charge in [-0.3, -0.25) is 0 Å². The van der Waals surface area contributed by atoms with Gasteiger partial charge >= 0.3 is 30.0 Å². The second-order valence-electron chi connectivity index (χ2n) is 2.43. The van der Waals surface area contributed by atoms with Gasteiger partial charge in [0.1, 0.15) is 0 Å². The summed E-state index contributed by atoms with van der Waals surface area (Å²) in [4.78, 5) is 0. The zero-order chi connectivity index (χ0) is 10.9. The van der Waals surface area contributed by atoms with E-state index in [0.29, 0.717) is 0 Å². The molecule has 0 radical (unpaired) electrons. The number of hydrogen-bond acceptors (Lipinski definition) is 3. The maximum Gasteiger partial charge on any atom is 1.00 e. The van der Waals surface area contributed by atoms with Gasteiger partial charge in [-0.15, -0.1) is 0 Å². The van der Waals surface area contributed by atoms with E-state index in [1.807, 2.05) is 0 Å². The van der Waals surface area contributed by atoms with Crippen LogP contribution in [-0.4, -0.2) is 24.1 Å². The fourth-order valence-electron chi connectivity index (χ4n) is 0.642. The topological polar surface area (TPSA) is 57.2 Å². The third-order valence-electron chi connectivity index (χ3n) is 1.30. The van der Waals surface area contributed by atoms with Crippen LogP contribution in [-0.2, 0) is 10.1 Å². The Bertz CT molecular complexity index is 277. The van der Waals surface area contributed by atoms with Crippen LogP contribution in [0.15, 0.2) is 0 Å². The first-order chi connectivity index (χ1) is 5.56. The summed E-state index contributed by atoms with van der Waals surface area (Å²) in [6, 6.07) is 0. The van der Waals surface area contributed by atoms with Crippen LogP contribution in [0.1, 0.15) is 19.8 Å². The molecule has 0 aromatic rings. The molecule has 0 spiro atoms. The van der Waals surface area contributed by atoms with Crippen LogP contribution >= 0.6 is 0 Å². The summed E-state index contributed by atoms with van der Waals surface area (Å²) in [5, 5.41) is -5.53. The van der Waals surface area contributed by atoms with Crippen molar-refractivity contribution in [2.45, 2.75) is 30.9 Å². The number of hydrogen-bond donors (Lipinski definition) is 0. The summed E-state index contributed by atoms with van der Waals surface area (Å²) < 4.78 is 78.6. The van der Waals surface area contributed by atoms with E-state index in [1.54, 1.807) is 0 Å². The summed E-state index contributed by atoms with van der Waals surface area (Å²) in [7, 11) is -6.32. The van der Waals surface area contributed by atoms with Crippen molar-refractivity contribution in [3.63, 3.8) is 0 Å². The molecule has 80 valence electrons. The van der Waals surface area contributed by atoms with Gasteiger partial charge in [0.2, 0.25) is 0 Å². The fourth-order valence-corrected chi connectivity index (χ4v) is 1.11. The first-order valence-corrected chi connectivity index (χ1v) is 4.68. The Balaban J connectivity index is 0. The molecular weight excluding hydrogens is 223 g/mol. The molecule has 0 aliphatic heterocycles. The van der Waals surface area contributed by atoms with Crippen molar-refractivity contribution < 1.29 is 49.4 Å². The van der Waals surface area contributed by atoms with E-state index in [-0.39, 0.29) is 25.3 Å². The minimum absolute atomic E-state index is 0. The number of halogens is 4. The molecule has 0 rings (SSSR count). The second-order valence-corrected chi connectivity index (χ2v) is 3.85. The Labute approximate surface area is 90.8 Å². The maximum absolute atomic E-state index is 12.4. The van der Waals surface area contributed by atoms with Crippen LogP contribution in [0.4, 0.5) is 17.6 Å². The standard InChI is InChI=1S/C5H8F4O3S.Li/c1-2-3-4(6,7)5(8,9)13(10,11)12;/h2-3H2,1H3,(H,10,11,12);/q;+1/p-1. The van der Waals surface area contributed by atoms with Gasteiger partial charge in [0, 0.05) is 6.42 Å². The fraction of sp³-hybridized carbons (Fsp3) is 1.00. The molecule has 0 bridgehead atoms. The van der Waals surface area contributed by atoms with E-state index >= 15 is 0 Å². The van der Waals surface area contributed by atoms with Crippen molar-refractivity contribution >= 4 is 10.1 Å². The van der Waals surface area contributed by atoms with Crippen molar-refractivity contribution in [3.8, 4) is 0 Å². The first-order valence-electron chi connectivity index (χ1n) is 3.27. The minimum atomic E-state index is -6.32. The summed E-state index contributed by atoms with van der Waals surface area (Å²) in [6.07, 6.45) is -1.69. The van der Waals surface area contributed by atoms with Crippen LogP contribution in [0.25, 0.3) is 0 Å². The molecule has 0 aromatic carbocycles. The van der Waals surface area contributed by atoms with Crippen molar-refractivity contribution in [2.75, 3.05) is 0 Å². The summed E-state index contributed by atoms with van der Waals surface area (Å²) in [6.45, 7) is 1.17. The zero-order valence-electron chi connectivity index (χ0n) is 7.56. The molecule has 0 heterocycles. The molecule has 0 aliphatic carbocycles. The van der Waals surface area contributed by atoms with Crippen molar-refractivity contribution in [1.82, 2.24) is 0 Å². The van der Waals surface area contributed by atoms with Crippen LogP contribution in [0, 0.1) is 0 Å². The summed E-state index contributed by atoms with van der Waals surface area (Å²) in [5.41, 5.74) is 0. The summed E-state index contributed by atoms with van der Waals surface area (Å²) in [5.74, 6) is -4.80. The average Bonchev–Trinajstić information content (AvgIpc) is 1.84. The van der Waals surface area contributed by atoms with E-state index in [4.69, 9.17) is 0 Å². The molecule has 0 unspecified atom stereocenters. The van der Waals surface area contributed by atoms with Crippen molar-refractivity contribution in [2.24, 2.45) is 0 Å². The second kappa shape index (κ2) is 4.83. The minimum Gasteiger partial charge on any atom is -0.743 e. The SMILES string of the molecule is CCCC(F)(F)C(F)(F)S(=O)(=O)[O-].[Li+]. The monoisotopic (exact) mass is 230 g/mol. The number of rotatable bonds is 4. The van der Waals surface area contributed by atoms with Gasteiger partial charge in [-0.2, -0.15) is 17.6 Å². The Hall–Kier alpha value is 0.227. The van der Waals surface area contributed by atoms with Crippen LogP contribution < -0.4 is 18.9 Å². The number of alkyl halides is 4. The molecule has 0 saturated carbocycles. The van der Waals surface area contributed by atoms with E-state index in [9.17, 15) is 30.5 Å². The van der Waals surface area contributed by atoms with Gasteiger partial charge < -0.3 is 4.55 Å². The van der Waals surface area contributed by atoms with E-state index in [2.05, 4.69) is 0 Å². The van der Waals surface area contributed by atoms with Gasteiger partial charge in [0.25, 0.3) is 0 Å². The third-order valence-corrected chi connectivity index (χ3v) is 2.23. The van der Waals surface area contributed by atoms with E-state index in [1.165, 1.54) is 6.92 Å². The predicted molar refractivity (Wildman–Crippen MR) is 34.5 cm³/mol. The zero-order valence-corrected chi connectivity index (χ0v) is 8.38. The Kier molecular flexibility index (Phi) is 5.75. The maximum atomic E-state index is 12.4. The normalized spacial score (nSPS) is 13.6. The first kappa shape index (κ1) is 16.6. The molecule has 3 nitrogen and oxygen atoms in total. The van der Waals surface area contributed by atoms with Crippen molar-refractivity contribution in [3.05, 3.63) is 0 Å². The quantitative estimate of drug-likeness (QED) is 0.338. The molecular formula is C5H7F4LiO3S. The van der Waals surface area contributed by atoms with Crippen LogP contribution in [0.3, 0.4) is 0 Å². The van der Waals surface area contributed by atoms with Crippen molar-refractivity contribution in [1.29, 1.82) is 0 Å². The Morgan fingerprint density at radius 3 is 1.79 bits per heavy atom. The van der Waals surface area contributed by atoms with Gasteiger partial charge in [-0.1, -0.05) is 13.3 Å². The molecule has 0 N–H and O–H groups in total. The van der Waals surface area contributed by atoms with E-state index < -0.39 is 27.7 Å². The predicted octanol–water partition coefficient (Wildman–Crippen LogP) is -1.44. The van der Waals surface area contributed by atoms with Crippen LogP contribution in [0.2, 0.25) is 0 Å². The summed E-state index contributed by atoms with van der Waals surface area (Å²) >= 11 is 0. The molecule has 14 heavy (non-hydrogen) atoms. The van der Waals surface area contributed by atoms with Gasteiger partial charge in [0.05, 0.1) is 0 Å². The smallest absolute Gasteiger partial charge is 0.743 e. The molecule has 0 aromatic heterocycles. The largest absolute Gasteiger partial charge is 1.00 e. The molecule has 0 amide bonds.